The van der Waals surface area contributed by atoms with Crippen molar-refractivity contribution in [3.63, 3.8) is 0 Å². The number of unbranched alkanes of at least 4 members (excludes halogenated alkanes) is 1. The third-order valence-corrected chi connectivity index (χ3v) is 3.92. The van der Waals surface area contributed by atoms with E-state index in [1.165, 1.54) is 19.4 Å². The molecule has 0 saturated carbocycles. The van der Waals surface area contributed by atoms with Gasteiger partial charge in [-0.05, 0) is 50.1 Å². The number of anilines is 1. The molecule has 3 N–H and O–H groups in total. The first-order valence-corrected chi connectivity index (χ1v) is 7.58. The summed E-state index contributed by atoms with van der Waals surface area (Å²) in [5.74, 6) is 0.0111. The molecule has 1 aliphatic rings. The number of piperidine rings is 1. The van der Waals surface area contributed by atoms with Gasteiger partial charge >= 0.3 is 0 Å². The average Bonchev–Trinajstić information content (AvgIpc) is 2.47. The Labute approximate surface area is 133 Å². The second-order valence-corrected chi connectivity index (χ2v) is 5.56. The van der Waals surface area contributed by atoms with Gasteiger partial charge in [-0.25, -0.2) is 0 Å². The number of likely N-dealkylation sites (tertiary alicyclic amines) is 1. The minimum atomic E-state index is 0. The third-order valence-electron chi connectivity index (χ3n) is 3.92. The van der Waals surface area contributed by atoms with Crippen LogP contribution in [-0.2, 0) is 0 Å². The molecule has 1 amide bonds. The number of hydrogen-bond acceptors (Lipinski definition) is 3. The second kappa shape index (κ2) is 8.90. The topological polar surface area (TPSA) is 58.4 Å². The van der Waals surface area contributed by atoms with E-state index in [1.54, 1.807) is 24.3 Å². The maximum absolute atomic E-state index is 12.1. The minimum Gasteiger partial charge on any atom is -0.399 e. The predicted molar refractivity (Wildman–Crippen MR) is 89.9 cm³/mol. The van der Waals surface area contributed by atoms with E-state index in [4.69, 9.17) is 5.73 Å². The lowest BCUT2D eigenvalue weighted by molar-refractivity contribution is 0.0911. The Morgan fingerprint density at radius 2 is 1.90 bits per heavy atom. The smallest absolute Gasteiger partial charge is 0.251 e. The summed E-state index contributed by atoms with van der Waals surface area (Å²) in [5, 5.41) is 3.12. The van der Waals surface area contributed by atoms with Gasteiger partial charge in [0.15, 0.2) is 0 Å². The number of nitrogens with two attached hydrogens (primary N) is 1. The Bertz CT molecular complexity index is 428. The predicted octanol–water partition coefficient (Wildman–Crippen LogP) is 2.68. The van der Waals surface area contributed by atoms with E-state index in [0.717, 1.165) is 25.9 Å². The van der Waals surface area contributed by atoms with Crippen molar-refractivity contribution >= 4 is 24.0 Å². The summed E-state index contributed by atoms with van der Waals surface area (Å²) in [6.07, 6.45) is 4.60. The maximum Gasteiger partial charge on any atom is 0.251 e. The van der Waals surface area contributed by atoms with Gasteiger partial charge in [-0.3, -0.25) is 4.79 Å². The van der Waals surface area contributed by atoms with Crippen LogP contribution in [0.1, 0.15) is 43.0 Å². The van der Waals surface area contributed by atoms with E-state index in [2.05, 4.69) is 17.1 Å². The lowest BCUT2D eigenvalue weighted by Crippen LogP contribution is -2.44. The molecule has 0 unspecified atom stereocenters. The normalized spacial score (nSPS) is 16.2. The number of carbonyl (C=O) groups excluding carboxylic acids is 1. The molecule has 1 fully saturated rings. The first-order chi connectivity index (χ1) is 9.69. The fourth-order valence-electron chi connectivity index (χ4n) is 2.59. The molecule has 0 aliphatic carbocycles. The van der Waals surface area contributed by atoms with Crippen LogP contribution in [0.25, 0.3) is 0 Å². The zero-order valence-electron chi connectivity index (χ0n) is 12.7. The number of nitrogen functional groups attached to an aromatic ring is 1. The quantitative estimate of drug-likeness (QED) is 0.822. The highest BCUT2D eigenvalue weighted by atomic mass is 35.5. The van der Waals surface area contributed by atoms with Crippen molar-refractivity contribution < 1.29 is 4.79 Å². The molecule has 118 valence electrons. The third kappa shape index (κ3) is 5.56. The van der Waals surface area contributed by atoms with Crippen LogP contribution in [0.3, 0.4) is 0 Å². The number of rotatable bonds is 5. The number of nitrogens with one attached hydrogen (secondary N) is 1. The summed E-state index contributed by atoms with van der Waals surface area (Å²) < 4.78 is 0. The van der Waals surface area contributed by atoms with E-state index >= 15 is 0 Å². The first kappa shape index (κ1) is 17.8. The summed E-state index contributed by atoms with van der Waals surface area (Å²) in [6.45, 7) is 5.59. The standard InChI is InChI=1S/C16H25N3O.ClH/c1-2-3-10-19-11-8-15(9-12-19)18-16(20)13-4-6-14(17)7-5-13;/h4-7,15H,2-3,8-12,17H2,1H3,(H,18,20);1H. The van der Waals surface area contributed by atoms with E-state index in [-0.39, 0.29) is 18.3 Å². The van der Waals surface area contributed by atoms with Crippen molar-refractivity contribution in [1.82, 2.24) is 10.2 Å². The van der Waals surface area contributed by atoms with Gasteiger partial charge in [-0.15, -0.1) is 12.4 Å². The Balaban J connectivity index is 0.00000220. The Morgan fingerprint density at radius 3 is 2.48 bits per heavy atom. The van der Waals surface area contributed by atoms with Crippen LogP contribution in [0, 0.1) is 0 Å². The van der Waals surface area contributed by atoms with Gasteiger partial charge in [0.2, 0.25) is 0 Å². The monoisotopic (exact) mass is 311 g/mol. The maximum atomic E-state index is 12.1. The fourth-order valence-corrected chi connectivity index (χ4v) is 2.59. The van der Waals surface area contributed by atoms with Crippen molar-refractivity contribution in [1.29, 1.82) is 0 Å². The number of carbonyl (C=O) groups is 1. The lowest BCUT2D eigenvalue weighted by atomic mass is 10.0. The Hall–Kier alpha value is -1.26. The highest BCUT2D eigenvalue weighted by Gasteiger charge is 2.20. The summed E-state index contributed by atoms with van der Waals surface area (Å²) in [6, 6.07) is 7.39. The molecule has 1 saturated heterocycles. The molecule has 0 atom stereocenters. The van der Waals surface area contributed by atoms with Crippen molar-refractivity contribution in [2.24, 2.45) is 0 Å². The van der Waals surface area contributed by atoms with E-state index in [9.17, 15) is 4.79 Å². The Kier molecular flexibility index (Phi) is 7.54. The van der Waals surface area contributed by atoms with Gasteiger partial charge in [0, 0.05) is 30.4 Å². The zero-order valence-corrected chi connectivity index (χ0v) is 13.5. The van der Waals surface area contributed by atoms with Crippen molar-refractivity contribution in [2.75, 3.05) is 25.4 Å². The zero-order chi connectivity index (χ0) is 14.4. The molecule has 21 heavy (non-hydrogen) atoms. The van der Waals surface area contributed by atoms with Crippen molar-refractivity contribution in [3.8, 4) is 0 Å². The number of benzene rings is 1. The van der Waals surface area contributed by atoms with Crippen LogP contribution in [0.4, 0.5) is 5.69 Å². The van der Waals surface area contributed by atoms with Gasteiger partial charge in [0.1, 0.15) is 0 Å². The summed E-state index contributed by atoms with van der Waals surface area (Å²) >= 11 is 0. The van der Waals surface area contributed by atoms with Gasteiger partial charge in [0.25, 0.3) is 5.91 Å². The first-order valence-electron chi connectivity index (χ1n) is 7.58. The number of nitrogens with zero attached hydrogens (tertiary/aromatic N) is 1. The van der Waals surface area contributed by atoms with Gasteiger partial charge in [-0.2, -0.15) is 0 Å². The highest BCUT2D eigenvalue weighted by Crippen LogP contribution is 2.12. The molecule has 2 rings (SSSR count). The van der Waals surface area contributed by atoms with Gasteiger partial charge < -0.3 is 16.0 Å². The highest BCUT2D eigenvalue weighted by molar-refractivity contribution is 5.94. The molecule has 1 aromatic rings. The molecule has 1 aromatic carbocycles. The molecular weight excluding hydrogens is 286 g/mol. The second-order valence-electron chi connectivity index (χ2n) is 5.56. The van der Waals surface area contributed by atoms with E-state index in [0.29, 0.717) is 17.3 Å². The largest absolute Gasteiger partial charge is 0.399 e. The fraction of sp³-hybridized carbons (Fsp3) is 0.562. The van der Waals surface area contributed by atoms with Gasteiger partial charge in [0.05, 0.1) is 0 Å². The molecule has 5 heteroatoms. The van der Waals surface area contributed by atoms with Crippen LogP contribution in [0.15, 0.2) is 24.3 Å². The molecule has 1 aliphatic heterocycles. The number of hydrogen-bond donors (Lipinski definition) is 2. The summed E-state index contributed by atoms with van der Waals surface area (Å²) in [4.78, 5) is 14.6. The average molecular weight is 312 g/mol. The van der Waals surface area contributed by atoms with Gasteiger partial charge in [-0.1, -0.05) is 13.3 Å². The van der Waals surface area contributed by atoms with Crippen LogP contribution in [-0.4, -0.2) is 36.5 Å². The molecule has 0 aromatic heterocycles. The van der Waals surface area contributed by atoms with Crippen LogP contribution < -0.4 is 11.1 Å². The molecule has 0 radical (unpaired) electrons. The van der Waals surface area contributed by atoms with E-state index < -0.39 is 0 Å². The Morgan fingerprint density at radius 1 is 1.29 bits per heavy atom. The summed E-state index contributed by atoms with van der Waals surface area (Å²) in [5.41, 5.74) is 7.00. The van der Waals surface area contributed by atoms with Crippen LogP contribution in [0.2, 0.25) is 0 Å². The summed E-state index contributed by atoms with van der Waals surface area (Å²) in [7, 11) is 0. The van der Waals surface area contributed by atoms with E-state index in [1.807, 2.05) is 0 Å². The minimum absolute atomic E-state index is 0. The van der Waals surface area contributed by atoms with Crippen LogP contribution >= 0.6 is 12.4 Å². The number of amides is 1. The lowest BCUT2D eigenvalue weighted by Gasteiger charge is -2.32. The number of halogens is 1. The molecule has 0 spiro atoms. The molecular formula is C16H26ClN3O. The molecule has 0 bridgehead atoms. The van der Waals surface area contributed by atoms with Crippen LogP contribution in [0.5, 0.6) is 0 Å². The molecule has 1 heterocycles. The van der Waals surface area contributed by atoms with Crippen molar-refractivity contribution in [3.05, 3.63) is 29.8 Å². The SMILES string of the molecule is CCCCN1CCC(NC(=O)c2ccc(N)cc2)CC1.Cl. The van der Waals surface area contributed by atoms with Crippen molar-refractivity contribution in [2.45, 2.75) is 38.6 Å². The molecule has 4 nitrogen and oxygen atoms in total.